The molecule has 3 nitrogen and oxygen atoms in total. The molecule has 1 amide bonds. The van der Waals surface area contributed by atoms with Crippen LogP contribution in [0.3, 0.4) is 0 Å². The van der Waals surface area contributed by atoms with E-state index in [1.165, 1.54) is 68.0 Å². The number of hydrogen-bond donors (Lipinski definition) is 0. The van der Waals surface area contributed by atoms with Gasteiger partial charge in [0.25, 0.3) is 5.91 Å². The van der Waals surface area contributed by atoms with Gasteiger partial charge in [0.2, 0.25) is 0 Å². The fraction of sp³-hybridized carbons (Fsp3) is 0.654. The molecule has 5 rings (SSSR count). The molecule has 0 N–H and O–H groups in total. The summed E-state index contributed by atoms with van der Waals surface area (Å²) in [5.74, 6) is 2.75. The summed E-state index contributed by atoms with van der Waals surface area (Å²) in [6.07, 6.45) is 13.2. The first kappa shape index (κ1) is 19.2. The third-order valence-electron chi connectivity index (χ3n) is 8.29. The fourth-order valence-electron chi connectivity index (χ4n) is 6.34. The summed E-state index contributed by atoms with van der Waals surface area (Å²) in [7, 11) is 2.22. The Labute approximate surface area is 175 Å². The van der Waals surface area contributed by atoms with E-state index in [1.54, 1.807) is 5.56 Å². The van der Waals surface area contributed by atoms with Gasteiger partial charge in [0.1, 0.15) is 0 Å². The molecule has 2 fully saturated rings. The first-order valence-electron chi connectivity index (χ1n) is 12.0. The molecule has 2 aliphatic carbocycles. The highest BCUT2D eigenvalue weighted by Crippen LogP contribution is 2.41. The maximum atomic E-state index is 13.2. The van der Waals surface area contributed by atoms with E-state index in [-0.39, 0.29) is 5.91 Å². The summed E-state index contributed by atoms with van der Waals surface area (Å²) in [5.41, 5.74) is 5.26. The first-order valence-corrected chi connectivity index (χ1v) is 12.0. The van der Waals surface area contributed by atoms with Crippen LogP contribution in [0, 0.1) is 17.8 Å². The van der Waals surface area contributed by atoms with Gasteiger partial charge in [-0.05, 0) is 73.6 Å². The number of aromatic nitrogens is 1. The van der Waals surface area contributed by atoms with Crippen LogP contribution in [0.25, 0.3) is 10.9 Å². The number of fused-ring (bicyclic) bond motifs is 3. The number of carbonyl (C=O) groups is 1. The maximum absolute atomic E-state index is 13.2. The molecule has 2 heterocycles. The van der Waals surface area contributed by atoms with Gasteiger partial charge < -0.3 is 9.47 Å². The normalized spacial score (nSPS) is 24.1. The lowest BCUT2D eigenvalue weighted by Gasteiger charge is -2.33. The second-order valence-electron chi connectivity index (χ2n) is 10.1. The smallest absolute Gasteiger partial charge is 0.253 e. The highest BCUT2D eigenvalue weighted by molar-refractivity contribution is 5.99. The molecule has 2 aromatic rings. The van der Waals surface area contributed by atoms with Gasteiger partial charge in [0.05, 0.1) is 0 Å². The number of nitrogens with zero attached hydrogens (tertiary/aromatic N) is 2. The van der Waals surface area contributed by atoms with Crippen LogP contribution in [-0.4, -0.2) is 28.5 Å². The fourth-order valence-corrected chi connectivity index (χ4v) is 6.34. The van der Waals surface area contributed by atoms with E-state index in [0.717, 1.165) is 49.2 Å². The highest BCUT2D eigenvalue weighted by Gasteiger charge is 2.31. The molecule has 1 aromatic heterocycles. The van der Waals surface area contributed by atoms with Crippen molar-refractivity contribution < 1.29 is 4.79 Å². The lowest BCUT2D eigenvalue weighted by molar-refractivity contribution is 0.0697. The van der Waals surface area contributed by atoms with Crippen LogP contribution >= 0.6 is 0 Å². The average molecular weight is 393 g/mol. The van der Waals surface area contributed by atoms with E-state index in [1.807, 2.05) is 0 Å². The molecule has 3 heteroatoms. The van der Waals surface area contributed by atoms with Crippen molar-refractivity contribution in [3.63, 3.8) is 0 Å². The Morgan fingerprint density at radius 1 is 0.966 bits per heavy atom. The molecule has 1 saturated carbocycles. The van der Waals surface area contributed by atoms with Gasteiger partial charge in [-0.25, -0.2) is 0 Å². The maximum Gasteiger partial charge on any atom is 0.253 e. The van der Waals surface area contributed by atoms with Gasteiger partial charge in [-0.2, -0.15) is 0 Å². The van der Waals surface area contributed by atoms with Crippen molar-refractivity contribution in [2.75, 3.05) is 13.1 Å². The van der Waals surface area contributed by atoms with Crippen molar-refractivity contribution in [1.29, 1.82) is 0 Å². The van der Waals surface area contributed by atoms with E-state index in [9.17, 15) is 4.79 Å². The quantitative estimate of drug-likeness (QED) is 0.640. The number of piperidine rings is 1. The number of benzene rings is 1. The summed E-state index contributed by atoms with van der Waals surface area (Å²) >= 11 is 0. The van der Waals surface area contributed by atoms with Gasteiger partial charge >= 0.3 is 0 Å². The van der Waals surface area contributed by atoms with Gasteiger partial charge in [0.15, 0.2) is 0 Å². The second kappa shape index (κ2) is 7.81. The van der Waals surface area contributed by atoms with Crippen molar-refractivity contribution >= 4 is 16.8 Å². The number of amides is 1. The molecule has 1 aromatic carbocycles. The van der Waals surface area contributed by atoms with Crippen molar-refractivity contribution in [1.82, 2.24) is 9.47 Å². The van der Waals surface area contributed by atoms with Crippen molar-refractivity contribution in [3.8, 4) is 0 Å². The molecular weight excluding hydrogens is 356 g/mol. The van der Waals surface area contributed by atoms with E-state index in [4.69, 9.17) is 0 Å². The van der Waals surface area contributed by atoms with Crippen LogP contribution in [0.15, 0.2) is 18.2 Å². The Balaban J connectivity index is 1.44. The Kier molecular flexibility index (Phi) is 5.17. The molecule has 0 bridgehead atoms. The Hall–Kier alpha value is -1.77. The molecular formula is C26H36N2O. The zero-order valence-corrected chi connectivity index (χ0v) is 18.3. The number of likely N-dealkylation sites (tertiary alicyclic amines) is 1. The zero-order chi connectivity index (χ0) is 20.0. The predicted octanol–water partition coefficient (Wildman–Crippen LogP) is 5.74. The second-order valence-corrected chi connectivity index (χ2v) is 10.1. The molecule has 0 radical (unpaired) electrons. The monoisotopic (exact) mass is 392 g/mol. The van der Waals surface area contributed by atoms with Crippen LogP contribution < -0.4 is 0 Å². The van der Waals surface area contributed by atoms with E-state index in [0.29, 0.717) is 0 Å². The average Bonchev–Trinajstić information content (AvgIpc) is 3.05. The molecule has 1 saturated heterocycles. The van der Waals surface area contributed by atoms with Crippen LogP contribution in [0.4, 0.5) is 0 Å². The third-order valence-corrected chi connectivity index (χ3v) is 8.29. The highest BCUT2D eigenvalue weighted by atomic mass is 16.2. The van der Waals surface area contributed by atoms with E-state index in [2.05, 4.69) is 41.6 Å². The van der Waals surface area contributed by atoms with E-state index >= 15 is 0 Å². The topological polar surface area (TPSA) is 25.2 Å². The lowest BCUT2D eigenvalue weighted by Crippen LogP contribution is -2.37. The summed E-state index contributed by atoms with van der Waals surface area (Å²) in [6.45, 7) is 4.12. The predicted molar refractivity (Wildman–Crippen MR) is 119 cm³/mol. The molecule has 156 valence electrons. The van der Waals surface area contributed by atoms with Crippen molar-refractivity contribution in [2.24, 2.45) is 24.8 Å². The van der Waals surface area contributed by atoms with Gasteiger partial charge in [-0.15, -0.1) is 0 Å². The Bertz CT molecular complexity index is 897. The van der Waals surface area contributed by atoms with Gasteiger partial charge in [0, 0.05) is 42.3 Å². The standard InChI is InChI=1S/C26H36N2O/c1-18-12-14-28(15-13-18)26(29)21-9-11-25-23(17-21)22-16-20(8-10-24(22)27(25)2)19-6-4-3-5-7-19/h9,11,17-20H,3-8,10,12-16H2,1-2H3. The zero-order valence-electron chi connectivity index (χ0n) is 18.3. The molecule has 1 unspecified atom stereocenters. The van der Waals surface area contributed by atoms with Crippen LogP contribution in [-0.2, 0) is 19.9 Å². The SMILES string of the molecule is CC1CCN(C(=O)c2ccc3c(c2)c2c(n3C)CCC(C3CCCCC3)C2)CC1. The summed E-state index contributed by atoms with van der Waals surface area (Å²) in [6, 6.07) is 6.48. The van der Waals surface area contributed by atoms with Gasteiger partial charge in [-0.3, -0.25) is 4.79 Å². The third kappa shape index (κ3) is 3.51. The summed E-state index contributed by atoms with van der Waals surface area (Å²) < 4.78 is 2.40. The molecule has 29 heavy (non-hydrogen) atoms. The minimum Gasteiger partial charge on any atom is -0.347 e. The Morgan fingerprint density at radius 2 is 1.72 bits per heavy atom. The minimum absolute atomic E-state index is 0.232. The van der Waals surface area contributed by atoms with Crippen LogP contribution in [0.5, 0.6) is 0 Å². The number of hydrogen-bond acceptors (Lipinski definition) is 1. The largest absolute Gasteiger partial charge is 0.347 e. The minimum atomic E-state index is 0.232. The Morgan fingerprint density at radius 3 is 2.48 bits per heavy atom. The molecule has 0 spiro atoms. The first-order chi connectivity index (χ1) is 14.1. The summed E-state index contributed by atoms with van der Waals surface area (Å²) in [4.78, 5) is 15.2. The van der Waals surface area contributed by atoms with Crippen molar-refractivity contribution in [2.45, 2.75) is 71.1 Å². The van der Waals surface area contributed by atoms with Gasteiger partial charge in [-0.1, -0.05) is 39.0 Å². The number of carbonyl (C=O) groups excluding carboxylic acids is 1. The molecule has 1 atom stereocenters. The number of rotatable bonds is 2. The molecule has 1 aliphatic heterocycles. The van der Waals surface area contributed by atoms with Crippen LogP contribution in [0.1, 0.15) is 79.9 Å². The van der Waals surface area contributed by atoms with Crippen LogP contribution in [0.2, 0.25) is 0 Å². The van der Waals surface area contributed by atoms with E-state index < -0.39 is 0 Å². The lowest BCUT2D eigenvalue weighted by atomic mass is 9.72. The molecule has 3 aliphatic rings. The number of aryl methyl sites for hydroxylation is 1. The summed E-state index contributed by atoms with van der Waals surface area (Å²) in [5, 5.41) is 1.35. The van der Waals surface area contributed by atoms with Crippen molar-refractivity contribution in [3.05, 3.63) is 35.0 Å².